The van der Waals surface area contributed by atoms with Gasteiger partial charge in [-0.2, -0.15) is 0 Å². The Kier molecular flexibility index (Phi) is 8.08. The highest BCUT2D eigenvalue weighted by atomic mass is 35.5. The number of hydrogen-bond donors (Lipinski definition) is 2. The fraction of sp³-hybridized carbons (Fsp3) is 0.400. The highest BCUT2D eigenvalue weighted by Crippen LogP contribution is 2.39. The maximum Gasteiger partial charge on any atom is 0.268 e. The molecule has 3 unspecified atom stereocenters. The lowest BCUT2D eigenvalue weighted by Crippen LogP contribution is -2.49. The van der Waals surface area contributed by atoms with E-state index >= 15 is 0 Å². The lowest BCUT2D eigenvalue weighted by atomic mass is 9.89. The number of halogens is 1. The van der Waals surface area contributed by atoms with E-state index in [0.29, 0.717) is 22.9 Å². The zero-order chi connectivity index (χ0) is 29.6. The highest BCUT2D eigenvalue weighted by molar-refractivity contribution is 7.90. The summed E-state index contributed by atoms with van der Waals surface area (Å²) in [6.07, 6.45) is 3.90. The molecular formula is C30H38ClN5O3SSi. The second kappa shape index (κ2) is 11.1. The first-order chi connectivity index (χ1) is 19.3. The van der Waals surface area contributed by atoms with E-state index in [-0.39, 0.29) is 33.1 Å². The van der Waals surface area contributed by atoms with E-state index in [1.54, 1.807) is 42.5 Å². The molecule has 41 heavy (non-hydrogen) atoms. The van der Waals surface area contributed by atoms with Crippen LogP contribution in [0.3, 0.4) is 0 Å². The fourth-order valence-corrected chi connectivity index (χ4v) is 8.27. The molecule has 5 rings (SSSR count). The number of aromatic nitrogens is 3. The van der Waals surface area contributed by atoms with Crippen molar-refractivity contribution in [1.82, 2.24) is 13.9 Å². The van der Waals surface area contributed by atoms with Crippen molar-refractivity contribution in [2.45, 2.75) is 81.2 Å². The molecule has 4 aromatic rings. The number of para-hydroxylation sites is 1. The van der Waals surface area contributed by atoms with Gasteiger partial charge in [0.1, 0.15) is 5.69 Å². The summed E-state index contributed by atoms with van der Waals surface area (Å²) >= 11 is 6.63. The van der Waals surface area contributed by atoms with E-state index < -0.39 is 18.3 Å². The van der Waals surface area contributed by atoms with Crippen molar-refractivity contribution in [3.63, 3.8) is 0 Å². The molecule has 218 valence electrons. The molecule has 1 saturated carbocycles. The predicted molar refractivity (Wildman–Crippen MR) is 168 cm³/mol. The van der Waals surface area contributed by atoms with Crippen molar-refractivity contribution in [2.24, 2.45) is 5.73 Å². The summed E-state index contributed by atoms with van der Waals surface area (Å²) in [4.78, 5) is 9.37. The van der Waals surface area contributed by atoms with Crippen LogP contribution in [0.1, 0.15) is 40.0 Å². The quantitative estimate of drug-likeness (QED) is 0.224. The fourth-order valence-electron chi connectivity index (χ4n) is 5.17. The highest BCUT2D eigenvalue weighted by Gasteiger charge is 2.41. The molecule has 8 nitrogen and oxygen atoms in total. The smallest absolute Gasteiger partial charge is 0.268 e. The van der Waals surface area contributed by atoms with Crippen molar-refractivity contribution in [1.29, 1.82) is 0 Å². The Morgan fingerprint density at radius 1 is 1.05 bits per heavy atom. The van der Waals surface area contributed by atoms with E-state index in [2.05, 4.69) is 44.2 Å². The maximum atomic E-state index is 13.9. The van der Waals surface area contributed by atoms with E-state index in [4.69, 9.17) is 26.7 Å². The van der Waals surface area contributed by atoms with Crippen molar-refractivity contribution in [2.75, 3.05) is 5.32 Å². The van der Waals surface area contributed by atoms with Gasteiger partial charge in [0.25, 0.3) is 10.0 Å². The SMILES string of the molecule is CC(C)(C)[Si](C)(C)OC1CC(N)CC(Nc2ncc(Cl)c(-c3cc4ccccc4n3S(=O)(=O)c3ccccc3)n2)C1. The second-order valence-electron chi connectivity index (χ2n) is 12.4. The third-order valence-corrected chi connectivity index (χ3v) is 14.8. The predicted octanol–water partition coefficient (Wildman–Crippen LogP) is 6.67. The molecule has 0 saturated heterocycles. The molecule has 1 fully saturated rings. The normalized spacial score (nSPS) is 20.3. The van der Waals surface area contributed by atoms with Crippen LogP contribution in [0.2, 0.25) is 23.2 Å². The molecule has 0 aliphatic heterocycles. The van der Waals surface area contributed by atoms with Crippen LogP contribution in [0.4, 0.5) is 5.95 Å². The van der Waals surface area contributed by atoms with E-state index in [9.17, 15) is 8.42 Å². The van der Waals surface area contributed by atoms with Crippen LogP contribution in [-0.4, -0.2) is 48.9 Å². The van der Waals surface area contributed by atoms with Gasteiger partial charge in [0.2, 0.25) is 5.95 Å². The molecule has 3 N–H and O–H groups in total. The second-order valence-corrected chi connectivity index (χ2v) is 19.3. The van der Waals surface area contributed by atoms with Crippen LogP contribution in [0.5, 0.6) is 0 Å². The average molecular weight is 612 g/mol. The summed E-state index contributed by atoms with van der Waals surface area (Å²) in [7, 11) is -5.92. The van der Waals surface area contributed by atoms with Crippen molar-refractivity contribution >= 4 is 46.8 Å². The minimum absolute atomic E-state index is 0.00135. The summed E-state index contributed by atoms with van der Waals surface area (Å²) in [5, 5.41) is 4.56. The molecule has 3 atom stereocenters. The van der Waals surface area contributed by atoms with Crippen LogP contribution in [0.15, 0.2) is 71.8 Å². The van der Waals surface area contributed by atoms with Crippen molar-refractivity contribution in [3.8, 4) is 11.4 Å². The van der Waals surface area contributed by atoms with Crippen LogP contribution in [-0.2, 0) is 14.4 Å². The molecule has 2 aromatic carbocycles. The number of rotatable bonds is 7. The molecular weight excluding hydrogens is 574 g/mol. The molecule has 11 heteroatoms. The third-order valence-electron chi connectivity index (χ3n) is 8.24. The number of benzene rings is 2. The van der Waals surface area contributed by atoms with Gasteiger partial charge in [0, 0.05) is 23.6 Å². The van der Waals surface area contributed by atoms with Crippen LogP contribution in [0, 0.1) is 0 Å². The minimum atomic E-state index is -3.95. The molecule has 0 spiro atoms. The zero-order valence-corrected chi connectivity index (χ0v) is 26.7. The molecule has 0 radical (unpaired) electrons. The number of fused-ring (bicyclic) bond motifs is 1. The summed E-state index contributed by atoms with van der Waals surface area (Å²) < 4.78 is 35.8. The van der Waals surface area contributed by atoms with E-state index in [1.165, 1.54) is 10.2 Å². The Hall–Kier alpha value is -2.76. The average Bonchev–Trinajstić information content (AvgIpc) is 3.29. The zero-order valence-electron chi connectivity index (χ0n) is 24.1. The topological polar surface area (TPSA) is 112 Å². The molecule has 1 aliphatic carbocycles. The van der Waals surface area contributed by atoms with Gasteiger partial charge in [-0.15, -0.1) is 0 Å². The molecule has 0 bridgehead atoms. The van der Waals surface area contributed by atoms with Crippen LogP contribution < -0.4 is 11.1 Å². The molecule has 1 aliphatic rings. The van der Waals surface area contributed by atoms with Crippen LogP contribution >= 0.6 is 11.6 Å². The Labute approximate surface area is 248 Å². The van der Waals surface area contributed by atoms with E-state index in [1.807, 2.05) is 18.2 Å². The molecule has 0 amide bonds. The first-order valence-electron chi connectivity index (χ1n) is 13.9. The standard InChI is InChI=1S/C30H38ClN5O3SSi/c1-30(2,3)41(4,5)39-23-17-21(32)16-22(18-23)34-29-33-19-25(31)28(35-29)27-15-20-11-9-10-14-26(20)36(27)40(37,38)24-12-7-6-8-13-24/h6-15,19,21-23H,16-18,32H2,1-5H3,(H,33,34,35). The summed E-state index contributed by atoms with van der Waals surface area (Å²) in [5.74, 6) is 0.364. The Balaban J connectivity index is 1.49. The number of anilines is 1. The Morgan fingerprint density at radius 2 is 1.73 bits per heavy atom. The number of hydrogen-bond acceptors (Lipinski definition) is 7. The Bertz CT molecular complexity index is 1650. The van der Waals surface area contributed by atoms with Gasteiger partial charge in [-0.3, -0.25) is 0 Å². The minimum Gasteiger partial charge on any atom is -0.414 e. The summed E-state index contributed by atoms with van der Waals surface area (Å²) in [6, 6.07) is 17.5. The molecule has 2 heterocycles. The number of nitrogens with one attached hydrogen (secondary N) is 1. The van der Waals surface area contributed by atoms with E-state index in [0.717, 1.165) is 24.6 Å². The number of nitrogens with zero attached hydrogens (tertiary/aromatic N) is 3. The van der Waals surface area contributed by atoms with Gasteiger partial charge in [-0.25, -0.2) is 22.4 Å². The van der Waals surface area contributed by atoms with Gasteiger partial charge >= 0.3 is 0 Å². The first kappa shape index (κ1) is 29.7. The van der Waals surface area contributed by atoms with Gasteiger partial charge in [-0.05, 0) is 61.7 Å². The number of nitrogens with two attached hydrogens (primary N) is 1. The third kappa shape index (κ3) is 6.08. The van der Waals surface area contributed by atoms with Crippen molar-refractivity contribution in [3.05, 3.63) is 71.9 Å². The lowest BCUT2D eigenvalue weighted by Gasteiger charge is -2.42. The molecule has 2 aromatic heterocycles. The summed E-state index contributed by atoms with van der Waals surface area (Å²) in [6.45, 7) is 11.2. The van der Waals surface area contributed by atoms with Gasteiger partial charge in [0.05, 0.1) is 27.3 Å². The van der Waals surface area contributed by atoms with Gasteiger partial charge < -0.3 is 15.5 Å². The maximum absolute atomic E-state index is 13.9. The van der Waals surface area contributed by atoms with Gasteiger partial charge in [0.15, 0.2) is 8.32 Å². The van der Waals surface area contributed by atoms with Gasteiger partial charge in [-0.1, -0.05) is 68.8 Å². The Morgan fingerprint density at radius 3 is 2.44 bits per heavy atom. The summed E-state index contributed by atoms with van der Waals surface area (Å²) in [5.41, 5.74) is 7.71. The monoisotopic (exact) mass is 611 g/mol. The van der Waals surface area contributed by atoms with Crippen molar-refractivity contribution < 1.29 is 12.8 Å². The largest absolute Gasteiger partial charge is 0.414 e. The first-order valence-corrected chi connectivity index (χ1v) is 18.6. The van der Waals surface area contributed by atoms with Crippen LogP contribution in [0.25, 0.3) is 22.3 Å². The lowest BCUT2D eigenvalue weighted by molar-refractivity contribution is 0.122.